The number of ether oxygens (including phenoxy) is 2. The third-order valence-electron chi connectivity index (χ3n) is 4.39. The third kappa shape index (κ3) is 7.46. The maximum atomic E-state index is 12.6. The van der Waals surface area contributed by atoms with Crippen LogP contribution in [0.4, 0.5) is 0 Å². The van der Waals surface area contributed by atoms with E-state index in [0.717, 1.165) is 0 Å². The second-order valence-corrected chi connectivity index (χ2v) is 6.76. The topological polar surface area (TPSA) is 164 Å². The number of nitrogens with two attached hydrogens (primary N) is 2. The molecule has 0 spiro atoms. The Hall–Kier alpha value is -3.88. The molecule has 0 aliphatic carbocycles. The van der Waals surface area contributed by atoms with Crippen LogP contribution in [-0.2, 0) is 9.53 Å². The fourth-order valence-corrected chi connectivity index (χ4v) is 2.74. The summed E-state index contributed by atoms with van der Waals surface area (Å²) in [6, 6.07) is 12.6. The van der Waals surface area contributed by atoms with E-state index in [1.165, 1.54) is 0 Å². The number of hydrogen-bond acceptors (Lipinski definition) is 6. The fourth-order valence-electron chi connectivity index (χ4n) is 2.74. The van der Waals surface area contributed by atoms with Gasteiger partial charge >= 0.3 is 5.97 Å². The number of amides is 1. The van der Waals surface area contributed by atoms with Gasteiger partial charge in [-0.15, -0.1) is 0 Å². The number of esters is 1. The van der Waals surface area contributed by atoms with Crippen LogP contribution < -0.4 is 21.5 Å². The van der Waals surface area contributed by atoms with Gasteiger partial charge in [0.05, 0.1) is 12.6 Å². The summed E-state index contributed by atoms with van der Waals surface area (Å²) in [5, 5.41) is 17.8. The zero-order valence-electron chi connectivity index (χ0n) is 17.3. The van der Waals surface area contributed by atoms with Gasteiger partial charge in [-0.25, -0.2) is 0 Å². The Kier molecular flexibility index (Phi) is 8.56. The lowest BCUT2D eigenvalue weighted by Gasteiger charge is -2.19. The predicted octanol–water partition coefficient (Wildman–Crippen LogP) is 1.78. The van der Waals surface area contributed by atoms with E-state index in [4.69, 9.17) is 31.8 Å². The van der Waals surface area contributed by atoms with Crippen LogP contribution in [0.15, 0.2) is 48.5 Å². The molecule has 9 heteroatoms. The normalized spacial score (nSPS) is 11.3. The summed E-state index contributed by atoms with van der Waals surface area (Å²) >= 11 is 0. The molecule has 9 nitrogen and oxygen atoms in total. The average Bonchev–Trinajstić information content (AvgIpc) is 2.76. The molecule has 0 saturated carbocycles. The molecule has 164 valence electrons. The highest BCUT2D eigenvalue weighted by Crippen LogP contribution is 2.14. The number of benzene rings is 2. The van der Waals surface area contributed by atoms with E-state index >= 15 is 0 Å². The first kappa shape index (κ1) is 23.4. The standard InChI is InChI=1S/C22H27N5O4/c1-2-30-19(28)11-10-17(13-31-18-5-3-4-16(12-18)21(25)26)27-22(29)15-8-6-14(7-9-15)20(23)24/h3-9,12,17H,2,10-11,13H2,1H3,(H3,23,24)(H3,25,26)(H,27,29)/t17-/m1/s1. The Morgan fingerprint density at radius 2 is 1.65 bits per heavy atom. The Labute approximate surface area is 180 Å². The summed E-state index contributed by atoms with van der Waals surface area (Å²) < 4.78 is 10.7. The summed E-state index contributed by atoms with van der Waals surface area (Å²) in [6.45, 7) is 2.12. The smallest absolute Gasteiger partial charge is 0.305 e. The van der Waals surface area contributed by atoms with E-state index in [9.17, 15) is 9.59 Å². The quantitative estimate of drug-likeness (QED) is 0.209. The lowest BCUT2D eigenvalue weighted by molar-refractivity contribution is -0.143. The van der Waals surface area contributed by atoms with Crippen molar-refractivity contribution in [2.24, 2.45) is 11.5 Å². The molecule has 1 atom stereocenters. The highest BCUT2D eigenvalue weighted by molar-refractivity contribution is 5.98. The Bertz CT molecular complexity index is 943. The van der Waals surface area contributed by atoms with Crippen LogP contribution in [0, 0.1) is 10.8 Å². The number of rotatable bonds is 11. The predicted molar refractivity (Wildman–Crippen MR) is 118 cm³/mol. The second-order valence-electron chi connectivity index (χ2n) is 6.76. The number of carbonyl (C=O) groups is 2. The molecule has 2 aromatic rings. The van der Waals surface area contributed by atoms with Gasteiger partial charge in [-0.2, -0.15) is 0 Å². The highest BCUT2D eigenvalue weighted by atomic mass is 16.5. The minimum Gasteiger partial charge on any atom is -0.491 e. The van der Waals surface area contributed by atoms with Crippen molar-refractivity contribution in [2.75, 3.05) is 13.2 Å². The minimum atomic E-state index is -0.467. The molecule has 0 aliphatic rings. The molecule has 0 heterocycles. The third-order valence-corrected chi connectivity index (χ3v) is 4.39. The molecular weight excluding hydrogens is 398 g/mol. The number of nitrogen functional groups attached to an aromatic ring is 2. The van der Waals surface area contributed by atoms with Gasteiger partial charge in [-0.3, -0.25) is 20.4 Å². The van der Waals surface area contributed by atoms with Crippen molar-refractivity contribution in [3.05, 3.63) is 65.2 Å². The van der Waals surface area contributed by atoms with Crippen molar-refractivity contribution in [2.45, 2.75) is 25.8 Å². The molecule has 0 aliphatic heterocycles. The molecule has 0 radical (unpaired) electrons. The summed E-state index contributed by atoms with van der Waals surface area (Å²) in [5.41, 5.74) is 12.4. The molecule has 1 amide bonds. The van der Waals surface area contributed by atoms with E-state index in [0.29, 0.717) is 28.9 Å². The molecule has 0 fully saturated rings. The van der Waals surface area contributed by atoms with Crippen LogP contribution >= 0.6 is 0 Å². The van der Waals surface area contributed by atoms with Crippen molar-refractivity contribution < 1.29 is 19.1 Å². The summed E-state index contributed by atoms with van der Waals surface area (Å²) in [5.74, 6) is -0.364. The van der Waals surface area contributed by atoms with E-state index < -0.39 is 6.04 Å². The Morgan fingerprint density at radius 3 is 2.26 bits per heavy atom. The van der Waals surface area contributed by atoms with Crippen molar-refractivity contribution >= 4 is 23.5 Å². The summed E-state index contributed by atoms with van der Waals surface area (Å²) in [6.07, 6.45) is 0.446. The first-order chi connectivity index (χ1) is 14.8. The first-order valence-corrected chi connectivity index (χ1v) is 9.78. The second kappa shape index (κ2) is 11.3. The van der Waals surface area contributed by atoms with Crippen LogP contribution in [0.2, 0.25) is 0 Å². The van der Waals surface area contributed by atoms with Gasteiger partial charge in [-0.1, -0.05) is 24.3 Å². The van der Waals surface area contributed by atoms with E-state index in [1.54, 1.807) is 55.5 Å². The van der Waals surface area contributed by atoms with Crippen LogP contribution in [0.3, 0.4) is 0 Å². The number of amidine groups is 2. The van der Waals surface area contributed by atoms with E-state index in [1.807, 2.05) is 0 Å². The van der Waals surface area contributed by atoms with Gasteiger partial charge in [0.1, 0.15) is 24.0 Å². The van der Waals surface area contributed by atoms with Gasteiger partial charge in [0.25, 0.3) is 5.91 Å². The van der Waals surface area contributed by atoms with Crippen LogP contribution in [-0.4, -0.2) is 42.8 Å². The van der Waals surface area contributed by atoms with E-state index in [-0.39, 0.29) is 43.2 Å². The number of nitrogens with one attached hydrogen (secondary N) is 3. The van der Waals surface area contributed by atoms with Crippen LogP contribution in [0.5, 0.6) is 5.75 Å². The highest BCUT2D eigenvalue weighted by Gasteiger charge is 2.17. The van der Waals surface area contributed by atoms with Crippen LogP contribution in [0.1, 0.15) is 41.3 Å². The van der Waals surface area contributed by atoms with Gasteiger partial charge in [0.15, 0.2) is 0 Å². The van der Waals surface area contributed by atoms with Gasteiger partial charge in [0, 0.05) is 23.1 Å². The minimum absolute atomic E-state index is 0.0772. The molecule has 0 unspecified atom stereocenters. The molecule has 31 heavy (non-hydrogen) atoms. The Balaban J connectivity index is 2.07. The number of hydrogen-bond donors (Lipinski definition) is 5. The summed E-state index contributed by atoms with van der Waals surface area (Å²) in [4.78, 5) is 24.4. The van der Waals surface area contributed by atoms with Gasteiger partial charge in [0.2, 0.25) is 0 Å². The van der Waals surface area contributed by atoms with E-state index in [2.05, 4.69) is 5.32 Å². The zero-order chi connectivity index (χ0) is 22.8. The maximum Gasteiger partial charge on any atom is 0.305 e. The first-order valence-electron chi connectivity index (χ1n) is 9.78. The molecule has 0 saturated heterocycles. The van der Waals surface area contributed by atoms with Crippen molar-refractivity contribution in [1.29, 1.82) is 10.8 Å². The fraction of sp³-hybridized carbons (Fsp3) is 0.273. The molecule has 0 aromatic heterocycles. The summed E-state index contributed by atoms with van der Waals surface area (Å²) in [7, 11) is 0. The van der Waals surface area contributed by atoms with Crippen molar-refractivity contribution in [1.82, 2.24) is 5.32 Å². The molecule has 2 rings (SSSR count). The van der Waals surface area contributed by atoms with Crippen LogP contribution in [0.25, 0.3) is 0 Å². The van der Waals surface area contributed by atoms with Crippen molar-refractivity contribution in [3.63, 3.8) is 0 Å². The lowest BCUT2D eigenvalue weighted by atomic mass is 10.1. The lowest BCUT2D eigenvalue weighted by Crippen LogP contribution is -2.39. The SMILES string of the molecule is CCOC(=O)CC[C@H](COc1cccc(C(=N)N)c1)NC(=O)c1ccc(C(=N)N)cc1. The van der Waals surface area contributed by atoms with Gasteiger partial charge in [-0.05, 0) is 37.6 Å². The van der Waals surface area contributed by atoms with Gasteiger partial charge < -0.3 is 26.3 Å². The number of carbonyl (C=O) groups excluding carboxylic acids is 2. The average molecular weight is 425 g/mol. The Morgan fingerprint density at radius 1 is 1.00 bits per heavy atom. The monoisotopic (exact) mass is 425 g/mol. The maximum absolute atomic E-state index is 12.6. The largest absolute Gasteiger partial charge is 0.491 e. The molecular formula is C22H27N5O4. The van der Waals surface area contributed by atoms with Crippen molar-refractivity contribution in [3.8, 4) is 5.75 Å². The zero-order valence-corrected chi connectivity index (χ0v) is 17.3. The molecule has 7 N–H and O–H groups in total. The molecule has 2 aromatic carbocycles. The molecule has 0 bridgehead atoms.